The van der Waals surface area contributed by atoms with E-state index in [1.165, 1.54) is 11.0 Å². The first-order chi connectivity index (χ1) is 7.75. The zero-order valence-electron chi connectivity index (χ0n) is 8.38. The topological polar surface area (TPSA) is 74.1 Å². The van der Waals surface area contributed by atoms with E-state index >= 15 is 0 Å². The highest BCUT2D eigenvalue weighted by molar-refractivity contribution is 5.78. The summed E-state index contributed by atoms with van der Waals surface area (Å²) in [7, 11) is 1.65. The van der Waals surface area contributed by atoms with Crippen molar-refractivity contribution in [2.24, 2.45) is 7.05 Å². The molecule has 0 fully saturated rings. The monoisotopic (exact) mass is 217 g/mol. The Morgan fingerprint density at radius 1 is 1.38 bits per heavy atom. The molecule has 0 aliphatic heterocycles. The highest BCUT2D eigenvalue weighted by Gasteiger charge is 2.09. The summed E-state index contributed by atoms with van der Waals surface area (Å²) in [4.78, 5) is 15.2. The SMILES string of the molecule is Cn1c(=O)oc2cc(-c3ncon3)ccc21. The number of benzene rings is 1. The normalized spacial score (nSPS) is 11.1. The highest BCUT2D eigenvalue weighted by atomic mass is 16.5. The van der Waals surface area contributed by atoms with E-state index in [0.29, 0.717) is 11.4 Å². The van der Waals surface area contributed by atoms with Crippen LogP contribution in [0.25, 0.3) is 22.5 Å². The van der Waals surface area contributed by atoms with Gasteiger partial charge in [-0.15, -0.1) is 0 Å². The molecular weight excluding hydrogens is 210 g/mol. The summed E-state index contributed by atoms with van der Waals surface area (Å²) in [5.74, 6) is 0.0775. The summed E-state index contributed by atoms with van der Waals surface area (Å²) in [5, 5.41) is 3.71. The summed E-state index contributed by atoms with van der Waals surface area (Å²) < 4.78 is 11.1. The van der Waals surface area contributed by atoms with Crippen LogP contribution >= 0.6 is 0 Å². The van der Waals surface area contributed by atoms with Gasteiger partial charge in [-0.2, -0.15) is 4.98 Å². The van der Waals surface area contributed by atoms with Crippen molar-refractivity contribution in [1.82, 2.24) is 14.7 Å². The molecular formula is C10H7N3O3. The number of hydrogen-bond donors (Lipinski definition) is 0. The Morgan fingerprint density at radius 3 is 3.00 bits per heavy atom. The van der Waals surface area contributed by atoms with Gasteiger partial charge in [0.1, 0.15) is 0 Å². The molecule has 3 rings (SSSR count). The molecule has 16 heavy (non-hydrogen) atoms. The van der Waals surface area contributed by atoms with Gasteiger partial charge in [0.15, 0.2) is 5.58 Å². The minimum atomic E-state index is -0.389. The quantitative estimate of drug-likeness (QED) is 0.611. The van der Waals surface area contributed by atoms with Crippen LogP contribution in [0.15, 0.2) is 38.3 Å². The minimum absolute atomic E-state index is 0.389. The van der Waals surface area contributed by atoms with Crippen molar-refractivity contribution in [2.45, 2.75) is 0 Å². The molecule has 0 bridgehead atoms. The third-order valence-corrected chi connectivity index (χ3v) is 2.41. The molecule has 0 amide bonds. The third kappa shape index (κ3) is 1.16. The van der Waals surface area contributed by atoms with Gasteiger partial charge in [-0.25, -0.2) is 4.79 Å². The molecule has 0 aliphatic rings. The number of nitrogens with zero attached hydrogens (tertiary/aromatic N) is 3. The first-order valence-electron chi connectivity index (χ1n) is 4.62. The second kappa shape index (κ2) is 3.06. The fourth-order valence-corrected chi connectivity index (χ4v) is 1.57. The van der Waals surface area contributed by atoms with Gasteiger partial charge in [0.25, 0.3) is 0 Å². The molecule has 3 aromatic rings. The zero-order valence-corrected chi connectivity index (χ0v) is 8.38. The molecule has 6 nitrogen and oxygen atoms in total. The van der Waals surface area contributed by atoms with E-state index in [-0.39, 0.29) is 5.76 Å². The fraction of sp³-hybridized carbons (Fsp3) is 0.100. The van der Waals surface area contributed by atoms with Gasteiger partial charge in [-0.05, 0) is 18.2 Å². The van der Waals surface area contributed by atoms with E-state index in [9.17, 15) is 4.79 Å². The Bertz CT molecular complexity index is 694. The molecule has 0 spiro atoms. The maximum absolute atomic E-state index is 11.3. The molecule has 0 aliphatic carbocycles. The summed E-state index contributed by atoms with van der Waals surface area (Å²) >= 11 is 0. The molecule has 2 aromatic heterocycles. The first-order valence-corrected chi connectivity index (χ1v) is 4.62. The summed E-state index contributed by atoms with van der Waals surface area (Å²) in [6.45, 7) is 0. The Labute approximate surface area is 89.1 Å². The number of rotatable bonds is 1. The molecule has 1 aromatic carbocycles. The van der Waals surface area contributed by atoms with Crippen LogP contribution in [0.5, 0.6) is 0 Å². The average Bonchev–Trinajstić information content (AvgIpc) is 2.88. The number of fused-ring (bicyclic) bond motifs is 1. The molecule has 0 N–H and O–H groups in total. The molecule has 0 saturated carbocycles. The molecule has 2 heterocycles. The molecule has 80 valence electrons. The van der Waals surface area contributed by atoms with E-state index in [1.54, 1.807) is 19.2 Å². The second-order valence-corrected chi connectivity index (χ2v) is 3.36. The standard InChI is InChI=1S/C10H7N3O3/c1-13-7-3-2-6(9-11-5-15-12-9)4-8(7)16-10(13)14/h2-5H,1H3. The molecule has 0 atom stereocenters. The van der Waals surface area contributed by atoms with Crippen molar-refractivity contribution in [3.8, 4) is 11.4 Å². The van der Waals surface area contributed by atoms with Gasteiger partial charge < -0.3 is 8.94 Å². The van der Waals surface area contributed by atoms with E-state index in [2.05, 4.69) is 14.7 Å². The van der Waals surface area contributed by atoms with E-state index in [1.807, 2.05) is 6.07 Å². The van der Waals surface area contributed by atoms with E-state index in [4.69, 9.17) is 4.42 Å². The molecule has 6 heteroatoms. The first kappa shape index (κ1) is 8.90. The van der Waals surface area contributed by atoms with Gasteiger partial charge >= 0.3 is 5.76 Å². The van der Waals surface area contributed by atoms with Crippen molar-refractivity contribution in [3.63, 3.8) is 0 Å². The van der Waals surface area contributed by atoms with E-state index < -0.39 is 0 Å². The Hall–Kier alpha value is -2.37. The van der Waals surface area contributed by atoms with Crippen LogP contribution < -0.4 is 5.76 Å². The van der Waals surface area contributed by atoms with Gasteiger partial charge in [-0.1, -0.05) is 5.16 Å². The van der Waals surface area contributed by atoms with Gasteiger partial charge in [-0.3, -0.25) is 4.57 Å². The fourth-order valence-electron chi connectivity index (χ4n) is 1.57. The Balaban J connectivity index is 2.28. The van der Waals surface area contributed by atoms with Crippen molar-refractivity contribution in [2.75, 3.05) is 0 Å². The lowest BCUT2D eigenvalue weighted by atomic mass is 10.2. The predicted octanol–water partition coefficient (Wildman–Crippen LogP) is 1.18. The molecule has 0 saturated heterocycles. The van der Waals surface area contributed by atoms with Crippen LogP contribution in [0.1, 0.15) is 0 Å². The van der Waals surface area contributed by atoms with Crippen molar-refractivity contribution < 1.29 is 8.94 Å². The van der Waals surface area contributed by atoms with Crippen LogP contribution in [0.3, 0.4) is 0 Å². The third-order valence-electron chi connectivity index (χ3n) is 2.41. The highest BCUT2D eigenvalue weighted by Crippen LogP contribution is 2.20. The lowest BCUT2D eigenvalue weighted by Crippen LogP contribution is -2.08. The van der Waals surface area contributed by atoms with Crippen LogP contribution in [-0.2, 0) is 7.05 Å². The number of aromatic nitrogens is 3. The van der Waals surface area contributed by atoms with E-state index in [0.717, 1.165) is 11.1 Å². The maximum atomic E-state index is 11.3. The van der Waals surface area contributed by atoms with Crippen LogP contribution in [0.4, 0.5) is 0 Å². The predicted molar refractivity (Wildman–Crippen MR) is 54.7 cm³/mol. The lowest BCUT2D eigenvalue weighted by molar-refractivity contribution is 0.419. The number of oxazole rings is 1. The van der Waals surface area contributed by atoms with Gasteiger partial charge in [0, 0.05) is 12.6 Å². The smallest absolute Gasteiger partial charge is 0.408 e. The van der Waals surface area contributed by atoms with Gasteiger partial charge in [0.2, 0.25) is 12.2 Å². The zero-order chi connectivity index (χ0) is 11.1. The van der Waals surface area contributed by atoms with Crippen LogP contribution in [-0.4, -0.2) is 14.7 Å². The molecule has 0 radical (unpaired) electrons. The minimum Gasteiger partial charge on any atom is -0.408 e. The summed E-state index contributed by atoms with van der Waals surface area (Å²) in [6.07, 6.45) is 1.25. The van der Waals surface area contributed by atoms with Crippen LogP contribution in [0.2, 0.25) is 0 Å². The molecule has 0 unspecified atom stereocenters. The largest absolute Gasteiger partial charge is 0.419 e. The lowest BCUT2D eigenvalue weighted by Gasteiger charge is -1.94. The van der Waals surface area contributed by atoms with Gasteiger partial charge in [0.05, 0.1) is 5.52 Å². The summed E-state index contributed by atoms with van der Waals surface area (Å²) in [5.41, 5.74) is 1.99. The second-order valence-electron chi connectivity index (χ2n) is 3.36. The maximum Gasteiger partial charge on any atom is 0.419 e. The summed E-state index contributed by atoms with van der Waals surface area (Å²) in [6, 6.07) is 5.30. The van der Waals surface area contributed by atoms with Crippen molar-refractivity contribution >= 4 is 11.1 Å². The van der Waals surface area contributed by atoms with Crippen molar-refractivity contribution in [3.05, 3.63) is 35.1 Å². The van der Waals surface area contributed by atoms with Crippen LogP contribution in [0, 0.1) is 0 Å². The Kier molecular flexibility index (Phi) is 1.70. The number of aryl methyl sites for hydroxylation is 1. The Morgan fingerprint density at radius 2 is 2.25 bits per heavy atom. The van der Waals surface area contributed by atoms with Crippen molar-refractivity contribution in [1.29, 1.82) is 0 Å². The number of hydrogen-bond acceptors (Lipinski definition) is 5. The average molecular weight is 217 g/mol.